The standard InChI is InChI=1S/C22H27NO7S/c1-27-16-9-10-17(19(11-16)28-2)21(31-14-20(25)29-3)18(12-24)23-22(26)30-13-15-7-5-4-6-8-15/h4-11,18,21,24H,12-14H2,1-3H3,(H,23,26)/t18-,21-/m1/s1. The second-order valence-electron chi connectivity index (χ2n) is 6.41. The number of amides is 1. The summed E-state index contributed by atoms with van der Waals surface area (Å²) in [5.74, 6) is 0.687. The maximum atomic E-state index is 12.4. The van der Waals surface area contributed by atoms with Crippen LogP contribution in [0, 0.1) is 0 Å². The van der Waals surface area contributed by atoms with Gasteiger partial charge in [0, 0.05) is 11.6 Å². The molecule has 0 aliphatic heterocycles. The van der Waals surface area contributed by atoms with E-state index >= 15 is 0 Å². The molecule has 0 aliphatic rings. The zero-order chi connectivity index (χ0) is 22.6. The van der Waals surface area contributed by atoms with Crippen molar-refractivity contribution in [3.05, 3.63) is 59.7 Å². The van der Waals surface area contributed by atoms with E-state index in [4.69, 9.17) is 18.9 Å². The van der Waals surface area contributed by atoms with Gasteiger partial charge < -0.3 is 29.4 Å². The number of alkyl carbamates (subject to hydrolysis) is 1. The molecule has 2 atom stereocenters. The first-order valence-electron chi connectivity index (χ1n) is 9.50. The average molecular weight is 450 g/mol. The molecule has 0 saturated carbocycles. The Hall–Kier alpha value is -2.91. The summed E-state index contributed by atoms with van der Waals surface area (Å²) in [5.41, 5.74) is 1.52. The van der Waals surface area contributed by atoms with Gasteiger partial charge in [0.15, 0.2) is 0 Å². The van der Waals surface area contributed by atoms with E-state index in [-0.39, 0.29) is 19.0 Å². The molecule has 1 amide bonds. The molecule has 9 heteroatoms. The number of rotatable bonds is 11. The van der Waals surface area contributed by atoms with E-state index in [1.807, 2.05) is 30.3 Å². The molecule has 2 rings (SSSR count). The van der Waals surface area contributed by atoms with Crippen molar-refractivity contribution in [2.45, 2.75) is 17.9 Å². The lowest BCUT2D eigenvalue weighted by Crippen LogP contribution is -2.41. The number of thioether (sulfide) groups is 1. The topological polar surface area (TPSA) is 103 Å². The highest BCUT2D eigenvalue weighted by Crippen LogP contribution is 2.39. The fourth-order valence-corrected chi connectivity index (χ4v) is 4.02. The SMILES string of the molecule is COC(=O)CS[C@H](c1ccc(OC)cc1OC)[C@@H](CO)NC(=O)OCc1ccccc1. The van der Waals surface area contributed by atoms with E-state index in [0.29, 0.717) is 17.1 Å². The highest BCUT2D eigenvalue weighted by atomic mass is 32.2. The van der Waals surface area contributed by atoms with E-state index < -0.39 is 23.4 Å². The molecule has 8 nitrogen and oxygen atoms in total. The van der Waals surface area contributed by atoms with Crippen LogP contribution in [0.1, 0.15) is 16.4 Å². The monoisotopic (exact) mass is 449 g/mol. The smallest absolute Gasteiger partial charge is 0.407 e. The van der Waals surface area contributed by atoms with Crippen LogP contribution in [0.5, 0.6) is 11.5 Å². The summed E-state index contributed by atoms with van der Waals surface area (Å²) in [5, 5.41) is 12.2. The van der Waals surface area contributed by atoms with Crippen LogP contribution in [-0.2, 0) is 20.9 Å². The van der Waals surface area contributed by atoms with Crippen molar-refractivity contribution < 1.29 is 33.6 Å². The van der Waals surface area contributed by atoms with Crippen LogP contribution in [0.4, 0.5) is 4.79 Å². The van der Waals surface area contributed by atoms with E-state index in [1.165, 1.54) is 26.0 Å². The molecule has 0 spiro atoms. The van der Waals surface area contributed by atoms with Crippen LogP contribution in [0.15, 0.2) is 48.5 Å². The first-order chi connectivity index (χ1) is 15.0. The van der Waals surface area contributed by atoms with E-state index in [9.17, 15) is 14.7 Å². The van der Waals surface area contributed by atoms with Gasteiger partial charge in [0.2, 0.25) is 0 Å². The summed E-state index contributed by atoms with van der Waals surface area (Å²) in [7, 11) is 4.35. The minimum atomic E-state index is -0.750. The Kier molecular flexibility index (Phi) is 9.99. The van der Waals surface area contributed by atoms with Gasteiger partial charge in [-0.25, -0.2) is 4.79 Å². The van der Waals surface area contributed by atoms with E-state index in [2.05, 4.69) is 5.32 Å². The zero-order valence-electron chi connectivity index (χ0n) is 17.7. The van der Waals surface area contributed by atoms with Gasteiger partial charge in [0.1, 0.15) is 18.1 Å². The highest BCUT2D eigenvalue weighted by Gasteiger charge is 2.29. The average Bonchev–Trinajstić information content (AvgIpc) is 2.82. The number of esters is 1. The third-order valence-corrected chi connectivity index (χ3v) is 5.78. The van der Waals surface area contributed by atoms with E-state index in [0.717, 1.165) is 5.56 Å². The van der Waals surface area contributed by atoms with Crippen molar-refractivity contribution in [1.82, 2.24) is 5.32 Å². The quantitative estimate of drug-likeness (QED) is 0.505. The Bertz CT molecular complexity index is 847. The van der Waals surface area contributed by atoms with Gasteiger partial charge in [-0.05, 0) is 11.6 Å². The lowest BCUT2D eigenvalue weighted by molar-refractivity contribution is -0.137. The zero-order valence-corrected chi connectivity index (χ0v) is 18.5. The molecule has 0 unspecified atom stereocenters. The Labute approximate surface area is 185 Å². The van der Waals surface area contributed by atoms with Crippen LogP contribution in [-0.4, -0.2) is 56.9 Å². The molecular formula is C22H27NO7S. The Morgan fingerprint density at radius 3 is 2.42 bits per heavy atom. The van der Waals surface area contributed by atoms with Gasteiger partial charge in [-0.15, -0.1) is 11.8 Å². The molecule has 0 saturated heterocycles. The number of hydrogen-bond acceptors (Lipinski definition) is 8. The number of ether oxygens (including phenoxy) is 4. The summed E-state index contributed by atoms with van der Waals surface area (Å²) >= 11 is 1.21. The normalized spacial score (nSPS) is 12.4. The number of aliphatic hydroxyl groups excluding tert-OH is 1. The lowest BCUT2D eigenvalue weighted by atomic mass is 10.0. The molecule has 2 aromatic rings. The van der Waals surface area contributed by atoms with Crippen LogP contribution < -0.4 is 14.8 Å². The van der Waals surface area contributed by atoms with E-state index in [1.54, 1.807) is 25.3 Å². The molecule has 168 valence electrons. The first-order valence-corrected chi connectivity index (χ1v) is 10.6. The van der Waals surface area contributed by atoms with Crippen molar-refractivity contribution in [2.24, 2.45) is 0 Å². The van der Waals surface area contributed by atoms with Crippen LogP contribution in [0.3, 0.4) is 0 Å². The summed E-state index contributed by atoms with van der Waals surface area (Å²) in [6, 6.07) is 13.7. The van der Waals surface area contributed by atoms with Crippen molar-refractivity contribution in [3.63, 3.8) is 0 Å². The Morgan fingerprint density at radius 1 is 1.06 bits per heavy atom. The molecule has 0 bridgehead atoms. The molecule has 0 aliphatic carbocycles. The number of benzene rings is 2. The predicted molar refractivity (Wildman–Crippen MR) is 117 cm³/mol. The van der Waals surface area contributed by atoms with Gasteiger partial charge in [-0.1, -0.05) is 36.4 Å². The van der Waals surface area contributed by atoms with Gasteiger partial charge in [0.25, 0.3) is 0 Å². The van der Waals surface area contributed by atoms with Crippen LogP contribution in [0.2, 0.25) is 0 Å². The molecule has 2 aromatic carbocycles. The summed E-state index contributed by atoms with van der Waals surface area (Å²) in [6.45, 7) is -0.287. The third kappa shape index (κ3) is 7.37. The number of carbonyl (C=O) groups is 2. The minimum absolute atomic E-state index is 0.0214. The van der Waals surface area contributed by atoms with Gasteiger partial charge >= 0.3 is 12.1 Å². The van der Waals surface area contributed by atoms with Crippen LogP contribution >= 0.6 is 11.8 Å². The lowest BCUT2D eigenvalue weighted by Gasteiger charge is -2.27. The second-order valence-corrected chi connectivity index (χ2v) is 7.54. The predicted octanol–water partition coefficient (Wildman–Crippen LogP) is 2.94. The maximum absolute atomic E-state index is 12.4. The van der Waals surface area contributed by atoms with Gasteiger partial charge in [0.05, 0.1) is 45.0 Å². The Morgan fingerprint density at radius 2 is 1.81 bits per heavy atom. The summed E-state index contributed by atoms with van der Waals surface area (Å²) in [4.78, 5) is 24.1. The molecule has 31 heavy (non-hydrogen) atoms. The fraction of sp³-hybridized carbons (Fsp3) is 0.364. The van der Waals surface area contributed by atoms with Crippen molar-refractivity contribution in [1.29, 1.82) is 0 Å². The number of hydrogen-bond donors (Lipinski definition) is 2. The summed E-state index contributed by atoms with van der Waals surface area (Å²) in [6.07, 6.45) is -0.681. The fourth-order valence-electron chi connectivity index (χ4n) is 2.83. The van der Waals surface area contributed by atoms with Crippen molar-refractivity contribution in [3.8, 4) is 11.5 Å². The highest BCUT2D eigenvalue weighted by molar-refractivity contribution is 8.00. The van der Waals surface area contributed by atoms with Crippen molar-refractivity contribution >= 4 is 23.8 Å². The number of nitrogens with one attached hydrogen (secondary N) is 1. The summed E-state index contributed by atoms with van der Waals surface area (Å²) < 4.78 is 20.7. The molecular weight excluding hydrogens is 422 g/mol. The molecule has 0 aromatic heterocycles. The largest absolute Gasteiger partial charge is 0.497 e. The van der Waals surface area contributed by atoms with Crippen LogP contribution in [0.25, 0.3) is 0 Å². The first kappa shape index (κ1) is 24.4. The molecule has 0 heterocycles. The van der Waals surface area contributed by atoms with Gasteiger partial charge in [-0.3, -0.25) is 4.79 Å². The van der Waals surface area contributed by atoms with Gasteiger partial charge in [-0.2, -0.15) is 0 Å². The number of carbonyl (C=O) groups excluding carboxylic acids is 2. The third-order valence-electron chi connectivity index (χ3n) is 4.43. The minimum Gasteiger partial charge on any atom is -0.497 e. The molecule has 2 N–H and O–H groups in total. The maximum Gasteiger partial charge on any atom is 0.407 e. The van der Waals surface area contributed by atoms with Crippen molar-refractivity contribution in [2.75, 3.05) is 33.7 Å². The molecule has 0 radical (unpaired) electrons. The number of aliphatic hydroxyl groups is 1. The molecule has 0 fully saturated rings. The Balaban J connectivity index is 2.19. The second kappa shape index (κ2) is 12.7. The number of methoxy groups -OCH3 is 3.